The fraction of sp³-hybridized carbons (Fsp3) is 0.474. The lowest BCUT2D eigenvalue weighted by atomic mass is 10.0. The van der Waals surface area contributed by atoms with Crippen LogP contribution in [0.15, 0.2) is 24.3 Å². The second-order valence-electron chi connectivity index (χ2n) is 5.97. The third-order valence-corrected chi connectivity index (χ3v) is 3.56. The molecule has 1 aromatic rings. The maximum atomic E-state index is 11.8. The Kier molecular flexibility index (Phi) is 9.14. The van der Waals surface area contributed by atoms with Crippen molar-refractivity contribution < 1.29 is 22.0 Å². The first-order valence-electron chi connectivity index (χ1n) is 8.57. The van der Waals surface area contributed by atoms with Crippen LogP contribution in [0.5, 0.6) is 0 Å². The van der Waals surface area contributed by atoms with Gasteiger partial charge in [0.2, 0.25) is 11.8 Å². The quantitative estimate of drug-likeness (QED) is 0.600. The van der Waals surface area contributed by atoms with Gasteiger partial charge in [-0.15, -0.1) is 0 Å². The Morgan fingerprint density at radius 3 is 2.20 bits per heavy atom. The number of hydrogen-bond acceptors (Lipinski definition) is 4. The molecule has 1 aromatic carbocycles. The molecule has 6 nitrogen and oxygen atoms in total. The molecule has 0 fully saturated rings. The van der Waals surface area contributed by atoms with Gasteiger partial charge in [0.1, 0.15) is 11.6 Å². The lowest BCUT2D eigenvalue weighted by Gasteiger charge is -2.07. The number of aryl methyl sites for hydroxylation is 1. The zero-order valence-corrected chi connectivity index (χ0v) is 14.9. The van der Waals surface area contributed by atoms with E-state index in [1.165, 1.54) is 6.92 Å². The summed E-state index contributed by atoms with van der Waals surface area (Å²) in [6.45, 7) is 3.86. The molecule has 0 aliphatic heterocycles. The monoisotopic (exact) mass is 350 g/mol. The number of benzene rings is 1. The van der Waals surface area contributed by atoms with Crippen molar-refractivity contribution in [2.45, 2.75) is 52.4 Å². The number of ketones is 2. The van der Waals surface area contributed by atoms with Crippen molar-refractivity contribution in [3.05, 3.63) is 29.8 Å². The zero-order chi connectivity index (χ0) is 18.7. The first-order chi connectivity index (χ1) is 11.9. The fourth-order valence-electron chi connectivity index (χ4n) is 2.32. The van der Waals surface area contributed by atoms with Crippen molar-refractivity contribution in [2.75, 3.05) is 11.9 Å². The van der Waals surface area contributed by atoms with E-state index in [1.807, 2.05) is 19.1 Å². The predicted octanol–water partition coefficient (Wildman–Crippen LogP) is 2.90. The van der Waals surface area contributed by atoms with E-state index in [0.29, 0.717) is 44.3 Å². The molecule has 0 spiro atoms. The van der Waals surface area contributed by atoms with E-state index in [2.05, 4.69) is 10.6 Å². The van der Waals surface area contributed by atoms with Gasteiger partial charge >= 0.3 is 0 Å². The number of hydrogen-bond donors (Lipinski definition) is 2. The molecule has 0 saturated carbocycles. The maximum absolute atomic E-state index is 11.8. The van der Waals surface area contributed by atoms with Crippen molar-refractivity contribution in [2.24, 2.45) is 0 Å². The van der Waals surface area contributed by atoms with Gasteiger partial charge in [0, 0.05) is 34.3 Å². The minimum Gasteiger partial charge on any atom is -0.356 e. The SMILES string of the molecule is CCNC(=O)CCCC(=O)Nc1ccc(CCC(=O)CC(C)=O)cc1.[HH].[HH]. The summed E-state index contributed by atoms with van der Waals surface area (Å²) < 4.78 is 0. The molecule has 1 rings (SSSR count). The highest BCUT2D eigenvalue weighted by molar-refractivity contribution is 5.98. The molecular weight excluding hydrogens is 320 g/mol. The maximum Gasteiger partial charge on any atom is 0.224 e. The number of carbonyl (C=O) groups excluding carboxylic acids is 4. The first-order valence-corrected chi connectivity index (χ1v) is 8.57. The van der Waals surface area contributed by atoms with Crippen LogP contribution in [0.25, 0.3) is 0 Å². The number of carbonyl (C=O) groups is 4. The van der Waals surface area contributed by atoms with Crippen molar-refractivity contribution in [1.29, 1.82) is 0 Å². The predicted molar refractivity (Wildman–Crippen MR) is 100 cm³/mol. The Balaban J connectivity index is 0. The molecule has 140 valence electrons. The van der Waals surface area contributed by atoms with Gasteiger partial charge in [-0.05, 0) is 44.4 Å². The molecule has 0 aliphatic carbocycles. The second-order valence-corrected chi connectivity index (χ2v) is 5.97. The highest BCUT2D eigenvalue weighted by atomic mass is 16.2. The van der Waals surface area contributed by atoms with E-state index in [1.54, 1.807) is 12.1 Å². The molecule has 25 heavy (non-hydrogen) atoms. The van der Waals surface area contributed by atoms with Gasteiger partial charge in [-0.1, -0.05) is 12.1 Å². The molecule has 6 heteroatoms. The highest BCUT2D eigenvalue weighted by Gasteiger charge is 2.07. The molecule has 0 unspecified atom stereocenters. The molecule has 0 atom stereocenters. The van der Waals surface area contributed by atoms with E-state index in [0.717, 1.165) is 5.56 Å². The lowest BCUT2D eigenvalue weighted by molar-refractivity contribution is -0.126. The Labute approximate surface area is 151 Å². The minimum atomic E-state index is -0.131. The van der Waals surface area contributed by atoms with Gasteiger partial charge in [-0.25, -0.2) is 0 Å². The van der Waals surface area contributed by atoms with Gasteiger partial charge in [-0.3, -0.25) is 19.2 Å². The average molecular weight is 350 g/mol. The third kappa shape index (κ3) is 9.39. The van der Waals surface area contributed by atoms with E-state index < -0.39 is 0 Å². The zero-order valence-electron chi connectivity index (χ0n) is 14.9. The van der Waals surface area contributed by atoms with Crippen LogP contribution in [0, 0.1) is 0 Å². The highest BCUT2D eigenvalue weighted by Crippen LogP contribution is 2.12. The fourth-order valence-corrected chi connectivity index (χ4v) is 2.32. The lowest BCUT2D eigenvalue weighted by Crippen LogP contribution is -2.22. The van der Waals surface area contributed by atoms with E-state index >= 15 is 0 Å². The molecule has 0 bridgehead atoms. The van der Waals surface area contributed by atoms with Gasteiger partial charge in [-0.2, -0.15) is 0 Å². The van der Waals surface area contributed by atoms with E-state index in [4.69, 9.17) is 0 Å². The van der Waals surface area contributed by atoms with Gasteiger partial charge in [0.15, 0.2) is 0 Å². The summed E-state index contributed by atoms with van der Waals surface area (Å²) in [5.74, 6) is -0.347. The molecular formula is C19H30N2O4. The van der Waals surface area contributed by atoms with Crippen LogP contribution in [0.3, 0.4) is 0 Å². The Hall–Kier alpha value is -2.50. The van der Waals surface area contributed by atoms with E-state index in [9.17, 15) is 19.2 Å². The van der Waals surface area contributed by atoms with Crippen molar-refractivity contribution in [3.63, 3.8) is 0 Å². The summed E-state index contributed by atoms with van der Waals surface area (Å²) >= 11 is 0. The molecule has 0 radical (unpaired) electrons. The van der Waals surface area contributed by atoms with Gasteiger partial charge in [0.05, 0.1) is 6.42 Å². The minimum absolute atomic E-state index is 0. The Morgan fingerprint density at radius 1 is 0.960 bits per heavy atom. The smallest absolute Gasteiger partial charge is 0.224 e. The average Bonchev–Trinajstić information content (AvgIpc) is 2.54. The number of rotatable bonds is 11. The number of anilines is 1. The molecule has 0 aliphatic rings. The third-order valence-electron chi connectivity index (χ3n) is 3.56. The summed E-state index contributed by atoms with van der Waals surface area (Å²) in [7, 11) is 0. The van der Waals surface area contributed by atoms with Crippen LogP contribution in [-0.2, 0) is 25.6 Å². The molecule has 0 saturated heterocycles. The largest absolute Gasteiger partial charge is 0.356 e. The van der Waals surface area contributed by atoms with E-state index in [-0.39, 0.29) is 32.7 Å². The summed E-state index contributed by atoms with van der Waals surface area (Å²) in [6, 6.07) is 7.27. The van der Waals surface area contributed by atoms with Crippen molar-refractivity contribution in [3.8, 4) is 0 Å². The normalized spacial score (nSPS) is 10.2. The molecule has 0 aromatic heterocycles. The summed E-state index contributed by atoms with van der Waals surface area (Å²) in [5, 5.41) is 5.48. The topological polar surface area (TPSA) is 92.3 Å². The molecule has 2 N–H and O–H groups in total. The van der Waals surface area contributed by atoms with Gasteiger partial charge < -0.3 is 10.6 Å². The second kappa shape index (κ2) is 11.1. The van der Waals surface area contributed by atoms with Crippen LogP contribution in [0.1, 0.15) is 54.4 Å². The standard InChI is InChI=1S/C19H26N2O4.2H2/c1-3-20-18(24)5-4-6-19(25)21-16-10-7-15(8-11-16)9-12-17(23)13-14(2)22;;/h7-8,10-11H,3-6,9,12-13H2,1-2H3,(H,20,24)(H,21,25);2*1H. The van der Waals surface area contributed by atoms with Crippen LogP contribution < -0.4 is 10.6 Å². The number of amides is 2. The van der Waals surface area contributed by atoms with Crippen LogP contribution in [0.4, 0.5) is 5.69 Å². The summed E-state index contributed by atoms with van der Waals surface area (Å²) in [4.78, 5) is 45.5. The Morgan fingerprint density at radius 2 is 1.60 bits per heavy atom. The van der Waals surface area contributed by atoms with Crippen LogP contribution in [-0.4, -0.2) is 29.9 Å². The number of nitrogens with one attached hydrogen (secondary N) is 2. The van der Waals surface area contributed by atoms with Crippen LogP contribution >= 0.6 is 0 Å². The molecule has 0 heterocycles. The summed E-state index contributed by atoms with van der Waals surface area (Å²) in [5.41, 5.74) is 1.66. The van der Waals surface area contributed by atoms with Crippen LogP contribution in [0.2, 0.25) is 0 Å². The Bertz CT molecular complexity index is 619. The first kappa shape index (κ1) is 20.5. The number of Topliss-reactive ketones (excluding diaryl/α,β-unsaturated/α-hetero) is 2. The summed E-state index contributed by atoms with van der Waals surface area (Å²) in [6.07, 6.45) is 2.04. The molecule has 2 amide bonds. The van der Waals surface area contributed by atoms with Crippen molar-refractivity contribution in [1.82, 2.24) is 5.32 Å². The van der Waals surface area contributed by atoms with Gasteiger partial charge in [0.25, 0.3) is 0 Å². The van der Waals surface area contributed by atoms with Crippen molar-refractivity contribution >= 4 is 29.1 Å².